The lowest BCUT2D eigenvalue weighted by atomic mass is 10.0. The van der Waals surface area contributed by atoms with Crippen LogP contribution < -0.4 is 9.47 Å². The van der Waals surface area contributed by atoms with E-state index in [0.29, 0.717) is 22.1 Å². The van der Waals surface area contributed by atoms with Crippen molar-refractivity contribution in [1.29, 1.82) is 5.26 Å². The molecule has 0 bridgehead atoms. The van der Waals surface area contributed by atoms with Crippen molar-refractivity contribution in [2.24, 2.45) is 0 Å². The summed E-state index contributed by atoms with van der Waals surface area (Å²) in [6, 6.07) is 25.5. The molecular formula is C24H18ClNO3. The van der Waals surface area contributed by atoms with Gasteiger partial charge in [0.15, 0.2) is 0 Å². The van der Waals surface area contributed by atoms with E-state index in [-0.39, 0.29) is 13.0 Å². The number of halogens is 1. The fourth-order valence-electron chi connectivity index (χ4n) is 2.62. The Bertz CT molecular complexity index is 1050. The zero-order valence-electron chi connectivity index (χ0n) is 15.5. The van der Waals surface area contributed by atoms with Gasteiger partial charge >= 0.3 is 5.97 Å². The number of allylic oxidation sites excluding steroid dienone is 1. The van der Waals surface area contributed by atoms with Gasteiger partial charge in [-0.15, -0.1) is 0 Å². The molecule has 5 heteroatoms. The standard InChI is InChI=1S/C24H18ClNO3/c25-21-8-5-7-19(16-21)20(17-26)14-18-6-4-11-23(15-18)29-24(27)12-13-28-22-9-2-1-3-10-22/h1-11,14-16H,12-13H2/b20-14-. The Kier molecular flexibility index (Phi) is 7.05. The van der Waals surface area contributed by atoms with Gasteiger partial charge in [0.1, 0.15) is 11.5 Å². The molecule has 0 N–H and O–H groups in total. The highest BCUT2D eigenvalue weighted by molar-refractivity contribution is 6.30. The maximum Gasteiger partial charge on any atom is 0.314 e. The maximum atomic E-state index is 12.1. The van der Waals surface area contributed by atoms with Crippen molar-refractivity contribution >= 4 is 29.2 Å². The van der Waals surface area contributed by atoms with Crippen LogP contribution in [0.2, 0.25) is 5.02 Å². The van der Waals surface area contributed by atoms with Crippen molar-refractivity contribution in [3.05, 3.63) is 95.0 Å². The lowest BCUT2D eigenvalue weighted by molar-refractivity contribution is -0.134. The molecule has 3 aromatic rings. The van der Waals surface area contributed by atoms with E-state index in [9.17, 15) is 10.1 Å². The third-order valence-electron chi connectivity index (χ3n) is 3.97. The number of carbonyl (C=O) groups excluding carboxylic acids is 1. The van der Waals surface area contributed by atoms with Crippen LogP contribution >= 0.6 is 11.6 Å². The largest absolute Gasteiger partial charge is 0.493 e. The van der Waals surface area contributed by atoms with E-state index in [1.165, 1.54) is 0 Å². The van der Waals surface area contributed by atoms with Gasteiger partial charge in [0.25, 0.3) is 0 Å². The van der Waals surface area contributed by atoms with E-state index in [1.54, 1.807) is 42.5 Å². The van der Waals surface area contributed by atoms with Crippen molar-refractivity contribution in [2.45, 2.75) is 6.42 Å². The van der Waals surface area contributed by atoms with Crippen LogP contribution in [0.4, 0.5) is 0 Å². The van der Waals surface area contributed by atoms with E-state index < -0.39 is 5.97 Å². The first-order valence-electron chi connectivity index (χ1n) is 9.00. The van der Waals surface area contributed by atoms with Crippen molar-refractivity contribution in [3.63, 3.8) is 0 Å². The van der Waals surface area contributed by atoms with Crippen molar-refractivity contribution in [2.75, 3.05) is 6.61 Å². The van der Waals surface area contributed by atoms with Crippen molar-refractivity contribution in [1.82, 2.24) is 0 Å². The van der Waals surface area contributed by atoms with Crippen LogP contribution in [0.5, 0.6) is 11.5 Å². The van der Waals surface area contributed by atoms with Gasteiger partial charge in [0.2, 0.25) is 0 Å². The molecule has 0 spiro atoms. The van der Waals surface area contributed by atoms with Gasteiger partial charge < -0.3 is 9.47 Å². The first-order chi connectivity index (χ1) is 14.1. The highest BCUT2D eigenvalue weighted by Gasteiger charge is 2.07. The van der Waals surface area contributed by atoms with Gasteiger partial charge in [0.05, 0.1) is 24.7 Å². The number of esters is 1. The molecule has 0 atom stereocenters. The predicted octanol–water partition coefficient (Wildman–Crippen LogP) is 5.78. The summed E-state index contributed by atoms with van der Waals surface area (Å²) in [6.07, 6.45) is 1.85. The van der Waals surface area contributed by atoms with Crippen molar-refractivity contribution < 1.29 is 14.3 Å². The summed E-state index contributed by atoms with van der Waals surface area (Å²) in [6.45, 7) is 0.232. The smallest absolute Gasteiger partial charge is 0.314 e. The summed E-state index contributed by atoms with van der Waals surface area (Å²) in [5, 5.41) is 10.0. The molecule has 3 aromatic carbocycles. The average molecular weight is 404 g/mol. The number of carbonyl (C=O) groups is 1. The topological polar surface area (TPSA) is 59.3 Å². The number of para-hydroxylation sites is 1. The maximum absolute atomic E-state index is 12.1. The molecule has 0 saturated carbocycles. The van der Waals surface area contributed by atoms with E-state index in [0.717, 1.165) is 11.1 Å². The highest BCUT2D eigenvalue weighted by Crippen LogP contribution is 2.23. The summed E-state index contributed by atoms with van der Waals surface area (Å²) < 4.78 is 10.9. The van der Waals surface area contributed by atoms with Crippen LogP contribution in [0.15, 0.2) is 78.9 Å². The number of benzene rings is 3. The van der Waals surface area contributed by atoms with Crippen LogP contribution in [0.1, 0.15) is 17.5 Å². The first-order valence-corrected chi connectivity index (χ1v) is 9.38. The number of hydrogen-bond donors (Lipinski definition) is 0. The molecule has 4 nitrogen and oxygen atoms in total. The molecule has 29 heavy (non-hydrogen) atoms. The molecule has 0 radical (unpaired) electrons. The second kappa shape index (κ2) is 10.1. The SMILES string of the molecule is N#C/C(=C/c1cccc(OC(=O)CCOc2ccccc2)c1)c1cccc(Cl)c1. The minimum absolute atomic E-state index is 0.126. The number of hydrogen-bond acceptors (Lipinski definition) is 4. The molecule has 0 aliphatic carbocycles. The second-order valence-electron chi connectivity index (χ2n) is 6.14. The molecule has 0 heterocycles. The number of rotatable bonds is 7. The normalized spacial score (nSPS) is 10.8. The fraction of sp³-hybridized carbons (Fsp3) is 0.0833. The Balaban J connectivity index is 1.63. The average Bonchev–Trinajstić information content (AvgIpc) is 2.73. The number of nitriles is 1. The lowest BCUT2D eigenvalue weighted by Gasteiger charge is -2.07. The minimum Gasteiger partial charge on any atom is -0.493 e. The second-order valence-corrected chi connectivity index (χ2v) is 6.57. The Morgan fingerprint density at radius 3 is 2.48 bits per heavy atom. The van der Waals surface area contributed by atoms with Crippen LogP contribution in [0.25, 0.3) is 11.6 Å². The molecule has 0 aliphatic rings. The summed E-state index contributed by atoms with van der Waals surface area (Å²) in [5.41, 5.74) is 1.93. The van der Waals surface area contributed by atoms with E-state index >= 15 is 0 Å². The van der Waals surface area contributed by atoms with E-state index in [1.807, 2.05) is 42.5 Å². The van der Waals surface area contributed by atoms with E-state index in [4.69, 9.17) is 21.1 Å². The lowest BCUT2D eigenvalue weighted by Crippen LogP contribution is -2.12. The molecule has 0 amide bonds. The third-order valence-corrected chi connectivity index (χ3v) is 4.21. The Morgan fingerprint density at radius 2 is 1.72 bits per heavy atom. The van der Waals surface area contributed by atoms with Gasteiger partial charge in [-0.3, -0.25) is 4.79 Å². The molecule has 0 aliphatic heterocycles. The van der Waals surface area contributed by atoms with Crippen LogP contribution in [0.3, 0.4) is 0 Å². The number of ether oxygens (including phenoxy) is 2. The molecule has 3 rings (SSSR count). The molecule has 0 saturated heterocycles. The zero-order valence-corrected chi connectivity index (χ0v) is 16.3. The third kappa shape index (κ3) is 6.24. The monoisotopic (exact) mass is 403 g/mol. The van der Waals surface area contributed by atoms with E-state index in [2.05, 4.69) is 6.07 Å². The van der Waals surface area contributed by atoms with Gasteiger partial charge in [0, 0.05) is 5.02 Å². The highest BCUT2D eigenvalue weighted by atomic mass is 35.5. The van der Waals surface area contributed by atoms with Crippen molar-refractivity contribution in [3.8, 4) is 17.6 Å². The summed E-state index contributed by atoms with van der Waals surface area (Å²) in [7, 11) is 0. The van der Waals surface area contributed by atoms with Crippen LogP contribution in [-0.2, 0) is 4.79 Å². The van der Waals surface area contributed by atoms with Gasteiger partial charge in [-0.25, -0.2) is 0 Å². The van der Waals surface area contributed by atoms with Gasteiger partial charge in [-0.1, -0.05) is 54.1 Å². The molecule has 0 unspecified atom stereocenters. The molecule has 144 valence electrons. The Morgan fingerprint density at radius 1 is 0.966 bits per heavy atom. The summed E-state index contributed by atoms with van der Waals surface area (Å²) in [4.78, 5) is 12.1. The molecule has 0 fully saturated rings. The molecule has 0 aromatic heterocycles. The first kappa shape index (κ1) is 20.2. The molecular weight excluding hydrogens is 386 g/mol. The quantitative estimate of drug-likeness (QED) is 0.217. The van der Waals surface area contributed by atoms with Gasteiger partial charge in [-0.2, -0.15) is 5.26 Å². The fourth-order valence-corrected chi connectivity index (χ4v) is 2.81. The Hall–Kier alpha value is -3.55. The Labute approximate surface area is 174 Å². The number of nitrogens with zero attached hydrogens (tertiary/aromatic N) is 1. The minimum atomic E-state index is -0.391. The van der Waals surface area contributed by atoms with Crippen LogP contribution in [0, 0.1) is 11.3 Å². The van der Waals surface area contributed by atoms with Gasteiger partial charge in [-0.05, 0) is 53.6 Å². The zero-order chi connectivity index (χ0) is 20.5. The predicted molar refractivity (Wildman–Crippen MR) is 114 cm³/mol. The summed E-state index contributed by atoms with van der Waals surface area (Å²) in [5.74, 6) is 0.724. The summed E-state index contributed by atoms with van der Waals surface area (Å²) >= 11 is 6.01. The van der Waals surface area contributed by atoms with Crippen LogP contribution in [-0.4, -0.2) is 12.6 Å².